The third-order valence-electron chi connectivity index (χ3n) is 5.56. The molecule has 5 rings (SSSR count). The summed E-state index contributed by atoms with van der Waals surface area (Å²) in [5, 5.41) is 20.1. The van der Waals surface area contributed by atoms with Gasteiger partial charge in [-0.3, -0.25) is 4.79 Å². The summed E-state index contributed by atoms with van der Waals surface area (Å²) in [7, 11) is 0. The molecule has 146 valence electrons. The lowest BCUT2D eigenvalue weighted by Crippen LogP contribution is -2.26. The number of hydrogen-bond donors (Lipinski definition) is 3. The predicted octanol–water partition coefficient (Wildman–Crippen LogP) is 6.09. The van der Waals surface area contributed by atoms with E-state index in [4.69, 9.17) is 11.6 Å². The van der Waals surface area contributed by atoms with Crippen molar-refractivity contribution in [3.8, 4) is 5.75 Å². The highest BCUT2D eigenvalue weighted by atomic mass is 35.5. The molecule has 3 aromatic rings. The number of nitrogens with one attached hydrogen (secondary N) is 2. The van der Waals surface area contributed by atoms with Crippen molar-refractivity contribution in [1.29, 1.82) is 0 Å². The maximum Gasteiger partial charge on any atom is 0.163 e. The molecule has 1 aliphatic heterocycles. The molecule has 2 atom stereocenters. The molecule has 1 aromatic heterocycles. The smallest absolute Gasteiger partial charge is 0.163 e. The second-order valence-electron chi connectivity index (χ2n) is 7.39. The van der Waals surface area contributed by atoms with Crippen LogP contribution in [-0.4, -0.2) is 10.9 Å². The number of rotatable bonds is 2. The van der Waals surface area contributed by atoms with Gasteiger partial charge in [-0.05, 0) is 48.2 Å². The van der Waals surface area contributed by atoms with Gasteiger partial charge in [0.25, 0.3) is 0 Å². The zero-order chi connectivity index (χ0) is 20.0. The molecule has 0 radical (unpaired) electrons. The molecule has 29 heavy (non-hydrogen) atoms. The van der Waals surface area contributed by atoms with Crippen LogP contribution in [0, 0.1) is 0 Å². The molecule has 0 saturated carbocycles. The fourth-order valence-corrected chi connectivity index (χ4v) is 5.22. The number of aromatic hydroxyl groups is 1. The van der Waals surface area contributed by atoms with Gasteiger partial charge in [-0.2, -0.15) is 0 Å². The maximum atomic E-state index is 13.4. The SMILES string of the molecule is O=C1CC(c2cccs2)CC2=C1C(c1cc(Cl)ccc1O)Nc1ccccc1N2. The van der Waals surface area contributed by atoms with Crippen LogP contribution in [0.1, 0.15) is 35.2 Å². The van der Waals surface area contributed by atoms with Gasteiger partial charge in [0.15, 0.2) is 5.78 Å². The summed E-state index contributed by atoms with van der Waals surface area (Å²) in [6.07, 6.45) is 1.20. The van der Waals surface area contributed by atoms with Gasteiger partial charge in [-0.25, -0.2) is 0 Å². The number of para-hydroxylation sites is 2. The third kappa shape index (κ3) is 3.30. The van der Waals surface area contributed by atoms with E-state index in [1.807, 2.05) is 35.7 Å². The first kappa shape index (κ1) is 18.3. The highest BCUT2D eigenvalue weighted by Crippen LogP contribution is 2.46. The van der Waals surface area contributed by atoms with Crippen LogP contribution in [0.15, 0.2) is 71.2 Å². The number of anilines is 2. The van der Waals surface area contributed by atoms with E-state index in [9.17, 15) is 9.90 Å². The Labute approximate surface area is 177 Å². The van der Waals surface area contributed by atoms with Gasteiger partial charge in [0, 0.05) is 39.1 Å². The minimum absolute atomic E-state index is 0.0850. The third-order valence-corrected chi connectivity index (χ3v) is 6.83. The van der Waals surface area contributed by atoms with Gasteiger partial charge >= 0.3 is 0 Å². The molecule has 0 spiro atoms. The topological polar surface area (TPSA) is 61.4 Å². The Balaban J connectivity index is 1.66. The van der Waals surface area contributed by atoms with Crippen molar-refractivity contribution in [2.75, 3.05) is 10.6 Å². The Morgan fingerprint density at radius 1 is 1.03 bits per heavy atom. The summed E-state index contributed by atoms with van der Waals surface area (Å²) in [4.78, 5) is 14.6. The van der Waals surface area contributed by atoms with Crippen molar-refractivity contribution < 1.29 is 9.90 Å². The van der Waals surface area contributed by atoms with Gasteiger partial charge in [0.2, 0.25) is 0 Å². The average Bonchev–Trinajstić information content (AvgIpc) is 3.19. The first-order valence-corrected chi connectivity index (χ1v) is 10.8. The molecule has 0 bridgehead atoms. The van der Waals surface area contributed by atoms with Crippen molar-refractivity contribution >= 4 is 40.1 Å². The summed E-state index contributed by atoms with van der Waals surface area (Å²) in [6, 6.07) is 16.5. The number of phenols is 1. The van der Waals surface area contributed by atoms with E-state index in [0.717, 1.165) is 23.5 Å². The van der Waals surface area contributed by atoms with Gasteiger partial charge in [-0.1, -0.05) is 29.8 Å². The van der Waals surface area contributed by atoms with Crippen LogP contribution in [0.25, 0.3) is 0 Å². The van der Waals surface area contributed by atoms with Gasteiger partial charge in [0.1, 0.15) is 5.75 Å². The molecule has 0 saturated heterocycles. The van der Waals surface area contributed by atoms with E-state index in [0.29, 0.717) is 22.6 Å². The molecular formula is C23H19ClN2O2S. The minimum atomic E-state index is -0.475. The maximum absolute atomic E-state index is 13.4. The fraction of sp³-hybridized carbons (Fsp3) is 0.174. The molecule has 0 fully saturated rings. The monoisotopic (exact) mass is 422 g/mol. The number of fused-ring (bicyclic) bond motifs is 1. The van der Waals surface area contributed by atoms with Crippen molar-refractivity contribution in [2.24, 2.45) is 0 Å². The number of ketones is 1. The van der Waals surface area contributed by atoms with Crippen LogP contribution in [0.4, 0.5) is 11.4 Å². The number of thiophene rings is 1. The first-order valence-electron chi connectivity index (χ1n) is 9.51. The number of allylic oxidation sites excluding steroid dienone is 1. The number of carbonyl (C=O) groups is 1. The highest BCUT2D eigenvalue weighted by molar-refractivity contribution is 7.10. The standard InChI is InChI=1S/C23H19ClN2O2S/c24-14-7-8-19(27)15(12-14)23-22-18(25-16-4-1-2-5-17(16)26-23)10-13(11-20(22)28)21-6-3-9-29-21/h1-9,12-13,23,25-27H,10-11H2. The van der Waals surface area contributed by atoms with Gasteiger partial charge in [0.05, 0.1) is 17.4 Å². The summed E-state index contributed by atoms with van der Waals surface area (Å²) < 4.78 is 0. The molecule has 4 nitrogen and oxygen atoms in total. The molecule has 2 aliphatic rings. The Morgan fingerprint density at radius 3 is 2.66 bits per heavy atom. The van der Waals surface area contributed by atoms with E-state index in [1.54, 1.807) is 29.5 Å². The van der Waals surface area contributed by atoms with Crippen LogP contribution in [-0.2, 0) is 4.79 Å². The predicted molar refractivity (Wildman–Crippen MR) is 118 cm³/mol. The Kier molecular flexibility index (Phi) is 4.57. The van der Waals surface area contributed by atoms with Gasteiger partial charge in [-0.15, -0.1) is 11.3 Å². The molecule has 3 N–H and O–H groups in total. The quantitative estimate of drug-likeness (QED) is 0.468. The number of benzene rings is 2. The van der Waals surface area contributed by atoms with E-state index < -0.39 is 6.04 Å². The summed E-state index contributed by atoms with van der Waals surface area (Å²) in [5.41, 5.74) is 3.98. The van der Waals surface area contributed by atoms with Gasteiger partial charge < -0.3 is 15.7 Å². The molecule has 2 heterocycles. The lowest BCUT2D eigenvalue weighted by Gasteiger charge is -2.29. The fourth-order valence-electron chi connectivity index (χ4n) is 4.21. The van der Waals surface area contributed by atoms with Crippen LogP contribution in [0.3, 0.4) is 0 Å². The van der Waals surface area contributed by atoms with Crippen molar-refractivity contribution in [1.82, 2.24) is 0 Å². The number of carbonyl (C=O) groups excluding carboxylic acids is 1. The van der Waals surface area contributed by atoms with Crippen molar-refractivity contribution in [2.45, 2.75) is 24.8 Å². The lowest BCUT2D eigenvalue weighted by atomic mass is 9.80. The zero-order valence-electron chi connectivity index (χ0n) is 15.5. The molecular weight excluding hydrogens is 404 g/mol. The Bertz CT molecular complexity index is 1120. The summed E-state index contributed by atoms with van der Waals surface area (Å²) in [5.74, 6) is 0.362. The average molecular weight is 423 g/mol. The Morgan fingerprint density at radius 2 is 1.86 bits per heavy atom. The van der Waals surface area contributed by atoms with Crippen molar-refractivity contribution in [3.63, 3.8) is 0 Å². The number of Topliss-reactive ketones (excluding diaryl/α,β-unsaturated/α-hetero) is 1. The second-order valence-corrected chi connectivity index (χ2v) is 8.80. The number of hydrogen-bond acceptors (Lipinski definition) is 5. The summed E-state index contributed by atoms with van der Waals surface area (Å²) >= 11 is 7.91. The molecule has 2 unspecified atom stereocenters. The summed E-state index contributed by atoms with van der Waals surface area (Å²) in [6.45, 7) is 0. The molecule has 0 amide bonds. The second kappa shape index (κ2) is 7.25. The van der Waals surface area contributed by atoms with E-state index in [1.165, 1.54) is 4.88 Å². The number of halogens is 1. The van der Waals surface area contributed by atoms with Crippen LogP contribution in [0.2, 0.25) is 5.02 Å². The van der Waals surface area contributed by atoms with Crippen LogP contribution >= 0.6 is 22.9 Å². The molecule has 2 aromatic carbocycles. The molecule has 1 aliphatic carbocycles. The minimum Gasteiger partial charge on any atom is -0.508 e. The largest absolute Gasteiger partial charge is 0.508 e. The van der Waals surface area contributed by atoms with E-state index in [-0.39, 0.29) is 17.5 Å². The highest BCUT2D eigenvalue weighted by Gasteiger charge is 2.37. The van der Waals surface area contributed by atoms with Crippen molar-refractivity contribution in [3.05, 3.63) is 86.7 Å². The Hall–Kier alpha value is -2.76. The molecule has 6 heteroatoms. The van der Waals surface area contributed by atoms with Crippen LogP contribution < -0.4 is 10.6 Å². The van der Waals surface area contributed by atoms with E-state index in [2.05, 4.69) is 16.7 Å². The first-order chi connectivity index (χ1) is 14.1. The normalized spacial score (nSPS) is 20.9. The van der Waals surface area contributed by atoms with E-state index >= 15 is 0 Å². The zero-order valence-corrected chi connectivity index (χ0v) is 17.1. The lowest BCUT2D eigenvalue weighted by molar-refractivity contribution is -0.116. The number of phenolic OH excluding ortho intramolecular Hbond substituents is 1. The van der Waals surface area contributed by atoms with Crippen LogP contribution in [0.5, 0.6) is 5.75 Å².